The third kappa shape index (κ3) is 4.16. The van der Waals surface area contributed by atoms with E-state index >= 15 is 0 Å². The van der Waals surface area contributed by atoms with E-state index in [1.807, 2.05) is 47.0 Å². The molecule has 0 N–H and O–H groups in total. The molecule has 0 spiro atoms. The van der Waals surface area contributed by atoms with Gasteiger partial charge >= 0.3 is 0 Å². The zero-order chi connectivity index (χ0) is 20.5. The van der Waals surface area contributed by atoms with Gasteiger partial charge in [-0.15, -0.1) is 22.0 Å². The molecule has 156 valence electrons. The Hall–Kier alpha value is -2.19. The van der Waals surface area contributed by atoms with Crippen LogP contribution in [0.4, 0.5) is 5.69 Å². The van der Waals surface area contributed by atoms with Gasteiger partial charge in [0.05, 0.1) is 24.2 Å². The molecular formula is C22H24N4O2S2. The van der Waals surface area contributed by atoms with Crippen molar-refractivity contribution in [3.05, 3.63) is 54.2 Å². The van der Waals surface area contributed by atoms with E-state index in [4.69, 9.17) is 4.42 Å². The minimum Gasteiger partial charge on any atom is -0.467 e. The quantitative estimate of drug-likeness (QED) is 0.513. The highest BCUT2D eigenvalue weighted by Gasteiger charge is 2.31. The number of hydrogen-bond acceptors (Lipinski definition) is 6. The molecule has 6 nitrogen and oxygen atoms in total. The summed E-state index contributed by atoms with van der Waals surface area (Å²) in [5, 5.41) is 10.1. The fourth-order valence-corrected chi connectivity index (χ4v) is 5.64. The fraction of sp³-hybridized carbons (Fsp3) is 0.409. The van der Waals surface area contributed by atoms with Crippen LogP contribution in [0.1, 0.15) is 43.7 Å². The number of carbonyl (C=O) groups is 1. The molecule has 8 heteroatoms. The minimum absolute atomic E-state index is 0.114. The number of benzene rings is 1. The molecule has 5 rings (SSSR count). The van der Waals surface area contributed by atoms with Gasteiger partial charge in [-0.3, -0.25) is 9.36 Å². The van der Waals surface area contributed by atoms with E-state index in [0.717, 1.165) is 48.2 Å². The summed E-state index contributed by atoms with van der Waals surface area (Å²) in [7, 11) is 0. The van der Waals surface area contributed by atoms with Gasteiger partial charge in [-0.25, -0.2) is 0 Å². The molecule has 1 saturated carbocycles. The molecule has 1 aliphatic carbocycles. The number of furan rings is 1. The number of nitrogens with zero attached hydrogens (tertiary/aromatic N) is 4. The fourth-order valence-electron chi connectivity index (χ4n) is 3.71. The van der Waals surface area contributed by atoms with Crippen LogP contribution in [0.25, 0.3) is 0 Å². The van der Waals surface area contributed by atoms with Crippen LogP contribution in [0.5, 0.6) is 0 Å². The SMILES string of the molecule is C[C@@H]1CCN(C(=O)CSc2nnc(C3CC3)n2Cc2ccco2)c2ccccc2S1. The number of rotatable bonds is 6. The molecule has 0 radical (unpaired) electrons. The Labute approximate surface area is 184 Å². The normalized spacial score (nSPS) is 18.8. The molecule has 1 amide bonds. The van der Waals surface area contributed by atoms with Crippen molar-refractivity contribution in [2.45, 2.75) is 54.0 Å². The van der Waals surface area contributed by atoms with Crippen molar-refractivity contribution in [3.8, 4) is 0 Å². The van der Waals surface area contributed by atoms with Crippen molar-refractivity contribution in [3.63, 3.8) is 0 Å². The number of para-hydroxylation sites is 1. The van der Waals surface area contributed by atoms with Gasteiger partial charge < -0.3 is 9.32 Å². The minimum atomic E-state index is 0.114. The summed E-state index contributed by atoms with van der Waals surface area (Å²) in [5.74, 6) is 2.81. The van der Waals surface area contributed by atoms with Crippen LogP contribution >= 0.6 is 23.5 Å². The first kappa shape index (κ1) is 19.8. The van der Waals surface area contributed by atoms with Crippen LogP contribution < -0.4 is 4.90 Å². The van der Waals surface area contributed by atoms with E-state index in [9.17, 15) is 4.79 Å². The highest BCUT2D eigenvalue weighted by molar-refractivity contribution is 8.00. The lowest BCUT2D eigenvalue weighted by Gasteiger charge is -2.22. The largest absolute Gasteiger partial charge is 0.467 e. The average molecular weight is 441 g/mol. The van der Waals surface area contributed by atoms with Crippen LogP contribution in [0.15, 0.2) is 57.1 Å². The van der Waals surface area contributed by atoms with Gasteiger partial charge in [0.1, 0.15) is 11.6 Å². The molecule has 0 saturated heterocycles. The van der Waals surface area contributed by atoms with Crippen LogP contribution in [-0.2, 0) is 11.3 Å². The molecule has 30 heavy (non-hydrogen) atoms. The van der Waals surface area contributed by atoms with Crippen molar-refractivity contribution in [1.82, 2.24) is 14.8 Å². The highest BCUT2D eigenvalue weighted by Crippen LogP contribution is 2.41. The number of anilines is 1. The zero-order valence-electron chi connectivity index (χ0n) is 16.9. The number of aromatic nitrogens is 3. The van der Waals surface area contributed by atoms with Crippen molar-refractivity contribution in [1.29, 1.82) is 0 Å². The number of fused-ring (bicyclic) bond motifs is 1. The van der Waals surface area contributed by atoms with Gasteiger partial charge in [-0.2, -0.15) is 0 Å². The molecule has 1 atom stereocenters. The first-order valence-corrected chi connectivity index (χ1v) is 12.2. The Morgan fingerprint density at radius 2 is 2.07 bits per heavy atom. The molecule has 1 aromatic carbocycles. The van der Waals surface area contributed by atoms with Crippen LogP contribution in [-0.4, -0.2) is 38.2 Å². The highest BCUT2D eigenvalue weighted by atomic mass is 32.2. The Balaban J connectivity index is 1.33. The van der Waals surface area contributed by atoms with Gasteiger partial charge in [0, 0.05) is 22.6 Å². The van der Waals surface area contributed by atoms with Gasteiger partial charge in [0.2, 0.25) is 5.91 Å². The van der Waals surface area contributed by atoms with Gasteiger partial charge in [0.15, 0.2) is 5.16 Å². The molecular weight excluding hydrogens is 416 g/mol. The lowest BCUT2D eigenvalue weighted by atomic mass is 10.2. The second-order valence-corrected chi connectivity index (χ2v) is 10.2. The molecule has 3 aromatic rings. The van der Waals surface area contributed by atoms with Gasteiger partial charge in [-0.1, -0.05) is 30.8 Å². The lowest BCUT2D eigenvalue weighted by Crippen LogP contribution is -2.33. The summed E-state index contributed by atoms with van der Waals surface area (Å²) < 4.78 is 7.65. The standard InChI is InChI=1S/C22H24N4O2S2/c1-15-10-11-25(18-6-2-3-7-19(18)30-15)20(27)14-29-22-24-23-21(16-8-9-16)26(22)13-17-5-4-12-28-17/h2-7,12,15-16H,8-11,13-14H2,1H3/t15-/m1/s1. The van der Waals surface area contributed by atoms with E-state index in [1.54, 1.807) is 6.26 Å². The molecule has 2 aliphatic rings. The second-order valence-electron chi connectivity index (χ2n) is 7.80. The maximum atomic E-state index is 13.2. The van der Waals surface area contributed by atoms with Crippen molar-refractivity contribution >= 4 is 35.1 Å². The predicted molar refractivity (Wildman–Crippen MR) is 119 cm³/mol. The molecule has 3 heterocycles. The summed E-state index contributed by atoms with van der Waals surface area (Å²) in [6.07, 6.45) is 4.97. The Morgan fingerprint density at radius 3 is 2.87 bits per heavy atom. The van der Waals surface area contributed by atoms with E-state index < -0.39 is 0 Å². The molecule has 1 aliphatic heterocycles. The Morgan fingerprint density at radius 1 is 1.20 bits per heavy atom. The Kier molecular flexibility index (Phi) is 5.60. The van der Waals surface area contributed by atoms with Crippen molar-refractivity contribution < 1.29 is 9.21 Å². The summed E-state index contributed by atoms with van der Waals surface area (Å²) in [6.45, 7) is 3.57. The van der Waals surface area contributed by atoms with Crippen molar-refractivity contribution in [2.75, 3.05) is 17.2 Å². The van der Waals surface area contributed by atoms with Gasteiger partial charge in [0.25, 0.3) is 0 Å². The summed E-state index contributed by atoms with van der Waals surface area (Å²) in [5.41, 5.74) is 1.02. The maximum absolute atomic E-state index is 13.2. The number of hydrogen-bond donors (Lipinski definition) is 0. The van der Waals surface area contributed by atoms with Gasteiger partial charge in [-0.05, 0) is 43.5 Å². The van der Waals surface area contributed by atoms with Crippen LogP contribution in [0.3, 0.4) is 0 Å². The van der Waals surface area contributed by atoms with Crippen molar-refractivity contribution in [2.24, 2.45) is 0 Å². The number of thioether (sulfide) groups is 2. The van der Waals surface area contributed by atoms with E-state index in [-0.39, 0.29) is 5.91 Å². The maximum Gasteiger partial charge on any atom is 0.237 e. The lowest BCUT2D eigenvalue weighted by molar-refractivity contribution is -0.116. The third-order valence-corrected chi connectivity index (χ3v) is 7.64. The first-order valence-electron chi connectivity index (χ1n) is 10.3. The monoisotopic (exact) mass is 440 g/mol. The van der Waals surface area contributed by atoms with Crippen LogP contribution in [0.2, 0.25) is 0 Å². The van der Waals surface area contributed by atoms with Crippen LogP contribution in [0, 0.1) is 0 Å². The molecule has 0 unspecified atom stereocenters. The summed E-state index contributed by atoms with van der Waals surface area (Å²) >= 11 is 3.32. The topological polar surface area (TPSA) is 64.2 Å². The summed E-state index contributed by atoms with van der Waals surface area (Å²) in [4.78, 5) is 16.3. The average Bonchev–Trinajstić information content (AvgIpc) is 3.36. The molecule has 2 aromatic heterocycles. The number of amides is 1. The summed E-state index contributed by atoms with van der Waals surface area (Å²) in [6, 6.07) is 12.1. The third-order valence-electron chi connectivity index (χ3n) is 5.45. The molecule has 0 bridgehead atoms. The smallest absolute Gasteiger partial charge is 0.237 e. The first-order chi connectivity index (χ1) is 14.7. The van der Waals surface area contributed by atoms with E-state index in [0.29, 0.717) is 23.5 Å². The number of carbonyl (C=O) groups excluding carboxylic acids is 1. The van der Waals surface area contributed by atoms with E-state index in [1.165, 1.54) is 16.7 Å². The molecule has 1 fully saturated rings. The zero-order valence-corrected chi connectivity index (χ0v) is 18.5. The predicted octanol–water partition coefficient (Wildman–Crippen LogP) is 4.81. The second kappa shape index (κ2) is 8.51. The van der Waals surface area contributed by atoms with E-state index in [2.05, 4.69) is 27.8 Å². The Bertz CT molecular complexity index is 1030.